The molecular weight excluding hydrogens is 535 g/mol. The first-order valence-electron chi connectivity index (χ1n) is 11.6. The molecule has 0 aliphatic carbocycles. The number of anilines is 4. The molecule has 3 amide bonds. The second-order valence-electron chi connectivity index (χ2n) is 8.45. The fraction of sp³-hybridized carbons (Fsp3) is 0.200. The highest BCUT2D eigenvalue weighted by molar-refractivity contribution is 7.21. The van der Waals surface area contributed by atoms with Crippen LogP contribution in [0.3, 0.4) is 0 Å². The Morgan fingerprint density at radius 2 is 1.77 bits per heavy atom. The van der Waals surface area contributed by atoms with E-state index in [9.17, 15) is 27.9 Å². The van der Waals surface area contributed by atoms with Gasteiger partial charge in [0.05, 0.1) is 35.0 Å². The number of nitrogens with zero attached hydrogens (tertiary/aromatic N) is 2. The summed E-state index contributed by atoms with van der Waals surface area (Å²) in [5.74, 6) is -0.512. The largest absolute Gasteiger partial charge is 0.416 e. The monoisotopic (exact) mass is 559 g/mol. The molecule has 8 N–H and O–H groups in total. The smallest absolute Gasteiger partial charge is 0.397 e. The molecule has 2 heterocycles. The predicted molar refractivity (Wildman–Crippen MR) is 145 cm³/mol. The minimum atomic E-state index is -4.48. The Balaban J connectivity index is 1.65. The predicted octanol–water partition coefficient (Wildman–Crippen LogP) is 4.89. The summed E-state index contributed by atoms with van der Waals surface area (Å²) >= 11 is 1.01. The van der Waals surface area contributed by atoms with Gasteiger partial charge in [-0.1, -0.05) is 19.1 Å². The average Bonchev–Trinajstić information content (AvgIpc) is 3.23. The highest BCUT2D eigenvalue weighted by Crippen LogP contribution is 2.39. The third-order valence-corrected chi connectivity index (χ3v) is 6.84. The van der Waals surface area contributed by atoms with E-state index in [0.717, 1.165) is 35.6 Å². The molecule has 0 bridgehead atoms. The number of alkyl halides is 3. The minimum absolute atomic E-state index is 0.122. The molecule has 0 unspecified atom stereocenters. The number of fused-ring (bicyclic) bond motifs is 1. The van der Waals surface area contributed by atoms with Gasteiger partial charge in [-0.15, -0.1) is 11.3 Å². The Kier molecular flexibility index (Phi) is 7.88. The third kappa shape index (κ3) is 6.18. The Morgan fingerprint density at radius 1 is 1.08 bits per heavy atom. The number of aromatic nitrogens is 2. The SMILES string of the molecule is CC[C@@H](CO)Nc1nc(-c2cccc(NC(=O)Nc3ccc(C(F)(F)F)cc3)c2)c2c(N)c(C(N)=O)sc2n1. The van der Waals surface area contributed by atoms with Crippen molar-refractivity contribution in [2.24, 2.45) is 5.73 Å². The molecule has 4 rings (SSSR count). The van der Waals surface area contributed by atoms with E-state index in [4.69, 9.17) is 11.5 Å². The van der Waals surface area contributed by atoms with Crippen LogP contribution in [0.2, 0.25) is 0 Å². The van der Waals surface area contributed by atoms with E-state index in [0.29, 0.717) is 33.6 Å². The first kappa shape index (κ1) is 27.6. The number of carbonyl (C=O) groups is 2. The zero-order valence-electron chi connectivity index (χ0n) is 20.5. The molecule has 0 aliphatic heterocycles. The normalized spacial score (nSPS) is 12.2. The molecule has 2 aromatic heterocycles. The molecule has 4 aromatic rings. The van der Waals surface area contributed by atoms with Gasteiger partial charge < -0.3 is 32.5 Å². The summed E-state index contributed by atoms with van der Waals surface area (Å²) < 4.78 is 38.3. The van der Waals surface area contributed by atoms with Gasteiger partial charge in [-0.25, -0.2) is 14.8 Å². The van der Waals surface area contributed by atoms with E-state index in [-0.39, 0.29) is 34.8 Å². The quantitative estimate of drug-likeness (QED) is 0.179. The van der Waals surface area contributed by atoms with Gasteiger partial charge in [0.25, 0.3) is 5.91 Å². The molecule has 0 aliphatic rings. The second kappa shape index (κ2) is 11.1. The number of hydrogen-bond acceptors (Lipinski definition) is 8. The van der Waals surface area contributed by atoms with Gasteiger partial charge in [0.1, 0.15) is 9.71 Å². The Morgan fingerprint density at radius 3 is 2.38 bits per heavy atom. The summed E-state index contributed by atoms with van der Waals surface area (Å²) in [6.07, 6.45) is -3.89. The fourth-order valence-electron chi connectivity index (χ4n) is 3.72. The molecule has 39 heavy (non-hydrogen) atoms. The van der Waals surface area contributed by atoms with E-state index in [1.54, 1.807) is 24.3 Å². The lowest BCUT2D eigenvalue weighted by Gasteiger charge is -2.15. The van der Waals surface area contributed by atoms with Crippen molar-refractivity contribution < 1.29 is 27.9 Å². The number of amides is 3. The van der Waals surface area contributed by atoms with Gasteiger partial charge in [0.2, 0.25) is 5.95 Å². The molecule has 204 valence electrons. The maximum atomic E-state index is 12.8. The summed E-state index contributed by atoms with van der Waals surface area (Å²) in [7, 11) is 0. The molecule has 0 spiro atoms. The van der Waals surface area contributed by atoms with Crippen LogP contribution in [-0.2, 0) is 6.18 Å². The molecule has 14 heteroatoms. The number of rotatable bonds is 8. The van der Waals surface area contributed by atoms with Crippen molar-refractivity contribution in [1.29, 1.82) is 0 Å². The van der Waals surface area contributed by atoms with E-state index in [2.05, 4.69) is 25.9 Å². The van der Waals surface area contributed by atoms with Crippen molar-refractivity contribution in [3.05, 3.63) is 59.0 Å². The zero-order chi connectivity index (χ0) is 28.3. The first-order chi connectivity index (χ1) is 18.5. The van der Waals surface area contributed by atoms with Gasteiger partial charge in [-0.3, -0.25) is 4.79 Å². The third-order valence-electron chi connectivity index (χ3n) is 5.72. The Labute approximate surface area is 224 Å². The van der Waals surface area contributed by atoms with Crippen LogP contribution in [0, 0.1) is 0 Å². The lowest BCUT2D eigenvalue weighted by Crippen LogP contribution is -2.24. The summed E-state index contributed by atoms with van der Waals surface area (Å²) in [4.78, 5) is 34.0. The lowest BCUT2D eigenvalue weighted by molar-refractivity contribution is -0.137. The number of aliphatic hydroxyl groups excluding tert-OH is 1. The average molecular weight is 560 g/mol. The minimum Gasteiger partial charge on any atom is -0.397 e. The van der Waals surface area contributed by atoms with Crippen molar-refractivity contribution in [2.45, 2.75) is 25.6 Å². The van der Waals surface area contributed by atoms with Crippen LogP contribution < -0.4 is 27.4 Å². The van der Waals surface area contributed by atoms with E-state index < -0.39 is 23.7 Å². The summed E-state index contributed by atoms with van der Waals surface area (Å²) in [6.45, 7) is 1.73. The number of halogens is 3. The van der Waals surface area contributed by atoms with Crippen LogP contribution >= 0.6 is 11.3 Å². The highest BCUT2D eigenvalue weighted by Gasteiger charge is 2.30. The van der Waals surface area contributed by atoms with Crippen molar-refractivity contribution in [2.75, 3.05) is 28.3 Å². The van der Waals surface area contributed by atoms with Gasteiger partial charge in [-0.05, 0) is 42.8 Å². The number of nitrogens with two attached hydrogens (primary N) is 2. The maximum absolute atomic E-state index is 12.8. The van der Waals surface area contributed by atoms with E-state index in [1.807, 2.05) is 6.92 Å². The molecule has 10 nitrogen and oxygen atoms in total. The number of primary amides is 1. The molecule has 0 saturated heterocycles. The maximum Gasteiger partial charge on any atom is 0.416 e. The van der Waals surface area contributed by atoms with Crippen molar-refractivity contribution >= 4 is 56.5 Å². The fourth-order valence-corrected chi connectivity index (χ4v) is 4.66. The van der Waals surface area contributed by atoms with Crippen LogP contribution in [0.25, 0.3) is 21.5 Å². The number of nitrogens with one attached hydrogen (secondary N) is 3. The van der Waals surface area contributed by atoms with Crippen LogP contribution in [0.5, 0.6) is 0 Å². The molecule has 0 radical (unpaired) electrons. The standard InChI is InChI=1S/C25H24F3N7O3S/c1-2-14(11-36)31-23-34-19(17-18(29)20(21(30)37)39-22(17)35-23)12-4-3-5-16(10-12)33-24(38)32-15-8-6-13(7-9-15)25(26,27)28/h3-10,14,36H,2,11,29H2,1H3,(H2,30,37)(H,31,34,35)(H2,32,33,38)/t14-/m0/s1. The van der Waals surface area contributed by atoms with Crippen LogP contribution in [-0.4, -0.2) is 39.7 Å². The summed E-state index contributed by atoms with van der Waals surface area (Å²) in [6, 6.07) is 9.64. The number of urea groups is 1. The summed E-state index contributed by atoms with van der Waals surface area (Å²) in [5.41, 5.74) is 12.4. The van der Waals surface area contributed by atoms with Gasteiger partial charge >= 0.3 is 12.2 Å². The second-order valence-corrected chi connectivity index (χ2v) is 9.45. The lowest BCUT2D eigenvalue weighted by atomic mass is 10.1. The number of thiophene rings is 1. The molecule has 0 saturated carbocycles. The van der Waals surface area contributed by atoms with Crippen LogP contribution in [0.4, 0.5) is 41.0 Å². The van der Waals surface area contributed by atoms with Crippen LogP contribution in [0.1, 0.15) is 28.6 Å². The first-order valence-corrected chi connectivity index (χ1v) is 12.4. The molecule has 1 atom stereocenters. The van der Waals surface area contributed by atoms with Gasteiger partial charge in [0.15, 0.2) is 0 Å². The van der Waals surface area contributed by atoms with E-state index >= 15 is 0 Å². The number of nitrogen functional groups attached to an aromatic ring is 1. The molecular formula is C25H24F3N7O3S. The highest BCUT2D eigenvalue weighted by atomic mass is 32.1. The molecule has 0 fully saturated rings. The van der Waals surface area contributed by atoms with Crippen molar-refractivity contribution in [1.82, 2.24) is 9.97 Å². The van der Waals surface area contributed by atoms with Crippen molar-refractivity contribution in [3.63, 3.8) is 0 Å². The number of carbonyl (C=O) groups excluding carboxylic acids is 2. The topological polar surface area (TPSA) is 168 Å². The Hall–Kier alpha value is -4.43. The Bertz CT molecular complexity index is 1520. The van der Waals surface area contributed by atoms with Crippen molar-refractivity contribution in [3.8, 4) is 11.3 Å². The van der Waals surface area contributed by atoms with Crippen LogP contribution in [0.15, 0.2) is 48.5 Å². The zero-order valence-corrected chi connectivity index (χ0v) is 21.3. The molecule has 2 aromatic carbocycles. The van der Waals surface area contributed by atoms with E-state index in [1.165, 1.54) is 0 Å². The van der Waals surface area contributed by atoms with Gasteiger partial charge in [0, 0.05) is 16.9 Å². The number of benzene rings is 2. The summed E-state index contributed by atoms with van der Waals surface area (Å²) in [5, 5.41) is 18.2. The number of aliphatic hydroxyl groups is 1. The number of hydrogen-bond donors (Lipinski definition) is 6. The van der Waals surface area contributed by atoms with Gasteiger partial charge in [-0.2, -0.15) is 13.2 Å².